The average Bonchev–Trinajstić information content (AvgIpc) is 2.71. The lowest BCUT2D eigenvalue weighted by molar-refractivity contribution is 1.10. The van der Waals surface area contributed by atoms with Gasteiger partial charge in [-0.25, -0.2) is 0 Å². The highest BCUT2D eigenvalue weighted by Crippen LogP contribution is 2.22. The third kappa shape index (κ3) is 1.05. The Morgan fingerprint density at radius 2 is 2.38 bits per heavy atom. The van der Waals surface area contributed by atoms with Gasteiger partial charge in [-0.1, -0.05) is 0 Å². The molecule has 5 nitrogen and oxygen atoms in total. The summed E-state index contributed by atoms with van der Waals surface area (Å²) in [5.74, 6) is 0.229. The molecule has 0 unspecified atom stereocenters. The maximum atomic E-state index is 8.78. The van der Waals surface area contributed by atoms with E-state index >= 15 is 0 Å². The Kier molecular flexibility index (Phi) is 1.53. The van der Waals surface area contributed by atoms with Crippen LogP contribution in [0.25, 0.3) is 11.4 Å². The summed E-state index contributed by atoms with van der Waals surface area (Å²) in [4.78, 5) is 2.96. The lowest BCUT2D eigenvalue weighted by Gasteiger charge is -1.91. The van der Waals surface area contributed by atoms with Crippen LogP contribution in [0, 0.1) is 11.3 Å². The Bertz CT molecular complexity index is 445. The molecule has 0 atom stereocenters. The number of hydrogen-bond donors (Lipinski definition) is 3. The van der Waals surface area contributed by atoms with E-state index in [9.17, 15) is 0 Å². The third-order valence-electron chi connectivity index (χ3n) is 1.77. The number of anilines is 1. The van der Waals surface area contributed by atoms with Crippen molar-refractivity contribution in [1.82, 2.24) is 15.2 Å². The fraction of sp³-hybridized carbons (Fsp3) is 0. The molecule has 64 valence electrons. The molecule has 0 aliphatic rings. The molecule has 2 aromatic heterocycles. The van der Waals surface area contributed by atoms with Crippen LogP contribution in [0.1, 0.15) is 5.56 Å². The van der Waals surface area contributed by atoms with Crippen LogP contribution in [0.2, 0.25) is 0 Å². The number of nitrogens with zero attached hydrogens (tertiary/aromatic N) is 2. The molecule has 2 rings (SSSR count). The van der Waals surface area contributed by atoms with Crippen molar-refractivity contribution in [3.63, 3.8) is 0 Å². The zero-order valence-corrected chi connectivity index (χ0v) is 6.70. The van der Waals surface area contributed by atoms with E-state index in [0.29, 0.717) is 11.3 Å². The molecule has 0 saturated carbocycles. The Balaban J connectivity index is 2.60. The molecule has 0 aromatic carbocycles. The molecule has 0 radical (unpaired) electrons. The van der Waals surface area contributed by atoms with Crippen LogP contribution in [0.3, 0.4) is 0 Å². The van der Waals surface area contributed by atoms with Crippen LogP contribution < -0.4 is 5.73 Å². The number of nitrogens with two attached hydrogens (primary N) is 1. The van der Waals surface area contributed by atoms with Crippen LogP contribution >= 0.6 is 0 Å². The normalized spacial score (nSPS) is 9.77. The standard InChI is InChI=1S/C8H7N5/c9-4-5-7(12-13-8(5)10)6-2-1-3-11-6/h1-3,11H,(H3,10,12,13). The Morgan fingerprint density at radius 1 is 1.54 bits per heavy atom. The summed E-state index contributed by atoms with van der Waals surface area (Å²) in [6, 6.07) is 5.68. The van der Waals surface area contributed by atoms with Crippen LogP contribution in [0.15, 0.2) is 18.3 Å². The van der Waals surface area contributed by atoms with Crippen molar-refractivity contribution in [1.29, 1.82) is 5.26 Å². The number of nitriles is 1. The van der Waals surface area contributed by atoms with Crippen LogP contribution in [0.5, 0.6) is 0 Å². The van der Waals surface area contributed by atoms with Crippen molar-refractivity contribution in [3.8, 4) is 17.5 Å². The zero-order valence-electron chi connectivity index (χ0n) is 6.70. The van der Waals surface area contributed by atoms with E-state index in [-0.39, 0.29) is 5.82 Å². The first-order chi connectivity index (χ1) is 6.33. The molecule has 13 heavy (non-hydrogen) atoms. The molecule has 5 heteroatoms. The van der Waals surface area contributed by atoms with Crippen LogP contribution in [-0.2, 0) is 0 Å². The Morgan fingerprint density at radius 3 is 3.00 bits per heavy atom. The van der Waals surface area contributed by atoms with Gasteiger partial charge in [0.25, 0.3) is 0 Å². The summed E-state index contributed by atoms with van der Waals surface area (Å²) >= 11 is 0. The number of H-pyrrole nitrogens is 2. The maximum absolute atomic E-state index is 8.78. The number of nitrogens with one attached hydrogen (secondary N) is 2. The van der Waals surface area contributed by atoms with E-state index in [2.05, 4.69) is 15.2 Å². The van der Waals surface area contributed by atoms with Crippen LogP contribution in [-0.4, -0.2) is 15.2 Å². The SMILES string of the molecule is N#Cc1c(N)n[nH]c1-c1ccc[nH]1. The van der Waals surface area contributed by atoms with E-state index in [1.54, 1.807) is 6.20 Å². The molecule has 2 aromatic rings. The minimum Gasteiger partial charge on any atom is -0.381 e. The summed E-state index contributed by atoms with van der Waals surface area (Å²) in [5.41, 5.74) is 7.29. The van der Waals surface area contributed by atoms with E-state index in [4.69, 9.17) is 11.0 Å². The van der Waals surface area contributed by atoms with E-state index in [1.165, 1.54) is 0 Å². The zero-order chi connectivity index (χ0) is 9.26. The number of aromatic amines is 2. The second kappa shape index (κ2) is 2.68. The monoisotopic (exact) mass is 173 g/mol. The summed E-state index contributed by atoms with van der Waals surface area (Å²) in [5, 5.41) is 15.2. The van der Waals surface area contributed by atoms with Crippen molar-refractivity contribution in [3.05, 3.63) is 23.9 Å². The van der Waals surface area contributed by atoms with Gasteiger partial charge in [0.2, 0.25) is 0 Å². The molecule has 0 spiro atoms. The van der Waals surface area contributed by atoms with Gasteiger partial charge in [-0.05, 0) is 12.1 Å². The second-order valence-electron chi connectivity index (χ2n) is 2.55. The first-order valence-corrected chi connectivity index (χ1v) is 3.70. The van der Waals surface area contributed by atoms with Gasteiger partial charge >= 0.3 is 0 Å². The average molecular weight is 173 g/mol. The minimum absolute atomic E-state index is 0.229. The van der Waals surface area contributed by atoms with Gasteiger partial charge in [-0.2, -0.15) is 10.4 Å². The van der Waals surface area contributed by atoms with Crippen molar-refractivity contribution in [2.24, 2.45) is 0 Å². The molecule has 0 aliphatic carbocycles. The second-order valence-corrected chi connectivity index (χ2v) is 2.55. The molecule has 0 bridgehead atoms. The number of hydrogen-bond acceptors (Lipinski definition) is 3. The molecule has 0 aliphatic heterocycles. The van der Waals surface area contributed by atoms with Crippen molar-refractivity contribution >= 4 is 5.82 Å². The van der Waals surface area contributed by atoms with E-state index in [1.807, 2.05) is 18.2 Å². The van der Waals surface area contributed by atoms with Gasteiger partial charge < -0.3 is 10.7 Å². The quantitative estimate of drug-likeness (QED) is 0.596. The molecule has 0 amide bonds. The third-order valence-corrected chi connectivity index (χ3v) is 1.77. The summed E-state index contributed by atoms with van der Waals surface area (Å²) in [6.07, 6.45) is 1.77. The smallest absolute Gasteiger partial charge is 0.163 e. The topological polar surface area (TPSA) is 94.3 Å². The van der Waals surface area contributed by atoms with Gasteiger partial charge in [0.05, 0.1) is 5.69 Å². The molecule has 4 N–H and O–H groups in total. The van der Waals surface area contributed by atoms with Gasteiger partial charge in [-0.15, -0.1) is 0 Å². The molecular weight excluding hydrogens is 166 g/mol. The highest BCUT2D eigenvalue weighted by atomic mass is 15.2. The summed E-state index contributed by atoms with van der Waals surface area (Å²) in [7, 11) is 0. The molecule has 0 saturated heterocycles. The Hall–Kier alpha value is -2.22. The predicted octanol–water partition coefficient (Wildman–Crippen LogP) is 0.859. The van der Waals surface area contributed by atoms with Gasteiger partial charge in [0, 0.05) is 6.20 Å². The highest BCUT2D eigenvalue weighted by molar-refractivity contribution is 5.69. The van der Waals surface area contributed by atoms with Crippen molar-refractivity contribution in [2.75, 3.05) is 5.73 Å². The van der Waals surface area contributed by atoms with E-state index < -0.39 is 0 Å². The number of rotatable bonds is 1. The minimum atomic E-state index is 0.229. The summed E-state index contributed by atoms with van der Waals surface area (Å²) < 4.78 is 0. The fourth-order valence-electron chi connectivity index (χ4n) is 1.15. The summed E-state index contributed by atoms with van der Waals surface area (Å²) in [6.45, 7) is 0. The van der Waals surface area contributed by atoms with Gasteiger partial charge in [0.1, 0.15) is 17.3 Å². The number of nitrogen functional groups attached to an aromatic ring is 1. The van der Waals surface area contributed by atoms with Gasteiger partial charge in [-0.3, -0.25) is 5.10 Å². The van der Waals surface area contributed by atoms with Gasteiger partial charge in [0.15, 0.2) is 5.82 Å². The molecular formula is C8H7N5. The largest absolute Gasteiger partial charge is 0.381 e. The molecule has 0 fully saturated rings. The predicted molar refractivity (Wildman–Crippen MR) is 47.5 cm³/mol. The van der Waals surface area contributed by atoms with Crippen LogP contribution in [0.4, 0.5) is 5.82 Å². The lowest BCUT2D eigenvalue weighted by atomic mass is 10.2. The maximum Gasteiger partial charge on any atom is 0.163 e. The van der Waals surface area contributed by atoms with Crippen molar-refractivity contribution in [2.45, 2.75) is 0 Å². The van der Waals surface area contributed by atoms with E-state index in [0.717, 1.165) is 5.69 Å². The Labute approximate surface area is 74.2 Å². The van der Waals surface area contributed by atoms with Crippen molar-refractivity contribution < 1.29 is 0 Å². The fourth-order valence-corrected chi connectivity index (χ4v) is 1.15. The first-order valence-electron chi connectivity index (χ1n) is 3.70. The number of aromatic nitrogens is 3. The highest BCUT2D eigenvalue weighted by Gasteiger charge is 2.11. The molecule has 2 heterocycles. The lowest BCUT2D eigenvalue weighted by Crippen LogP contribution is -1.87. The first kappa shape index (κ1) is 7.43.